The van der Waals surface area contributed by atoms with Gasteiger partial charge in [0.05, 0.1) is 23.1 Å². The number of nitrogens with zero attached hydrogens (tertiary/aromatic N) is 2. The minimum atomic E-state index is -0.859. The highest BCUT2D eigenvalue weighted by molar-refractivity contribution is 5.94. The molecule has 108 valence electrons. The molecular weight excluding hydrogens is 270 g/mol. The Morgan fingerprint density at radius 1 is 1.19 bits per heavy atom. The van der Waals surface area contributed by atoms with Crippen LogP contribution in [0, 0.1) is 5.92 Å². The molecule has 6 nitrogen and oxygen atoms in total. The van der Waals surface area contributed by atoms with Crippen LogP contribution in [0.3, 0.4) is 0 Å². The average Bonchev–Trinajstić information content (AvgIpc) is 2.95. The number of benzene rings is 1. The molecule has 0 radical (unpaired) electrons. The minimum Gasteiger partial charge on any atom is -0.481 e. The van der Waals surface area contributed by atoms with E-state index in [0.29, 0.717) is 18.4 Å². The molecule has 1 amide bonds. The summed E-state index contributed by atoms with van der Waals surface area (Å²) >= 11 is 0. The van der Waals surface area contributed by atoms with E-state index in [-0.39, 0.29) is 17.6 Å². The van der Waals surface area contributed by atoms with Crippen LogP contribution in [0.25, 0.3) is 11.0 Å². The lowest BCUT2D eigenvalue weighted by atomic mass is 10.0. The van der Waals surface area contributed by atoms with Crippen LogP contribution in [-0.4, -0.2) is 33.0 Å². The zero-order valence-electron chi connectivity index (χ0n) is 11.3. The van der Waals surface area contributed by atoms with Crippen LogP contribution in [0.1, 0.15) is 29.8 Å². The minimum absolute atomic E-state index is 0.213. The largest absolute Gasteiger partial charge is 0.481 e. The van der Waals surface area contributed by atoms with Gasteiger partial charge in [-0.15, -0.1) is 0 Å². The second-order valence-electron chi connectivity index (χ2n) is 5.20. The fraction of sp³-hybridized carbons (Fsp3) is 0.333. The number of aliphatic carboxylic acids is 1. The van der Waals surface area contributed by atoms with Crippen LogP contribution in [0.15, 0.2) is 30.5 Å². The standard InChI is InChI=1S/C15H15N3O3/c19-14(18-10-7-3-4-9(10)15(20)21)13-8-16-11-5-1-2-6-12(11)17-13/h1-2,5-6,8-10H,3-4,7H2,(H,18,19)(H,20,21)/t9-,10+/m1/s1. The SMILES string of the molecule is O=C(N[C@H]1CCC[C@H]1C(=O)O)c1cnc2ccccc2n1. The van der Waals surface area contributed by atoms with Gasteiger partial charge in [-0.2, -0.15) is 0 Å². The molecule has 1 saturated carbocycles. The molecule has 1 aromatic carbocycles. The van der Waals surface area contributed by atoms with Gasteiger partial charge in [0.2, 0.25) is 0 Å². The number of amides is 1. The number of hydrogen-bond acceptors (Lipinski definition) is 4. The van der Waals surface area contributed by atoms with Crippen molar-refractivity contribution in [1.82, 2.24) is 15.3 Å². The maximum atomic E-state index is 12.2. The quantitative estimate of drug-likeness (QED) is 0.893. The van der Waals surface area contributed by atoms with Crippen molar-refractivity contribution in [2.24, 2.45) is 5.92 Å². The van der Waals surface area contributed by atoms with Gasteiger partial charge < -0.3 is 10.4 Å². The van der Waals surface area contributed by atoms with E-state index in [9.17, 15) is 9.59 Å². The van der Waals surface area contributed by atoms with Crippen molar-refractivity contribution in [2.75, 3.05) is 0 Å². The Morgan fingerprint density at radius 2 is 1.95 bits per heavy atom. The smallest absolute Gasteiger partial charge is 0.308 e. The molecule has 1 aliphatic carbocycles. The summed E-state index contributed by atoms with van der Waals surface area (Å²) < 4.78 is 0. The molecule has 1 aromatic heterocycles. The lowest BCUT2D eigenvalue weighted by molar-refractivity contribution is -0.142. The fourth-order valence-corrected chi connectivity index (χ4v) is 2.74. The first-order valence-corrected chi connectivity index (χ1v) is 6.90. The highest BCUT2D eigenvalue weighted by Gasteiger charge is 2.34. The van der Waals surface area contributed by atoms with Gasteiger partial charge in [-0.3, -0.25) is 14.6 Å². The summed E-state index contributed by atoms with van der Waals surface area (Å²) in [5.74, 6) is -1.74. The number of nitrogens with one attached hydrogen (secondary N) is 1. The van der Waals surface area contributed by atoms with Gasteiger partial charge >= 0.3 is 5.97 Å². The van der Waals surface area contributed by atoms with E-state index in [1.54, 1.807) is 6.07 Å². The van der Waals surface area contributed by atoms with Gasteiger partial charge in [0.25, 0.3) is 5.91 Å². The maximum absolute atomic E-state index is 12.2. The number of rotatable bonds is 3. The molecule has 0 bridgehead atoms. The van der Waals surface area contributed by atoms with Crippen molar-refractivity contribution in [3.8, 4) is 0 Å². The van der Waals surface area contributed by atoms with Crippen molar-refractivity contribution in [2.45, 2.75) is 25.3 Å². The normalized spacial score (nSPS) is 21.3. The van der Waals surface area contributed by atoms with Gasteiger partial charge in [0, 0.05) is 6.04 Å². The summed E-state index contributed by atoms with van der Waals surface area (Å²) in [5, 5.41) is 11.9. The summed E-state index contributed by atoms with van der Waals surface area (Å²) in [4.78, 5) is 31.8. The van der Waals surface area contributed by atoms with Gasteiger partial charge in [-0.05, 0) is 25.0 Å². The van der Waals surface area contributed by atoms with E-state index in [1.165, 1.54) is 6.20 Å². The number of carboxylic acids is 1. The Bertz CT molecular complexity index is 701. The summed E-state index contributed by atoms with van der Waals surface area (Å²) in [7, 11) is 0. The summed E-state index contributed by atoms with van der Waals surface area (Å²) in [6, 6.07) is 6.96. The zero-order valence-corrected chi connectivity index (χ0v) is 11.3. The van der Waals surface area contributed by atoms with E-state index >= 15 is 0 Å². The second kappa shape index (κ2) is 5.47. The molecule has 1 aliphatic rings. The predicted octanol–water partition coefficient (Wildman–Crippen LogP) is 1.61. The Kier molecular flexibility index (Phi) is 3.51. The number of fused-ring (bicyclic) bond motifs is 1. The Labute approximate surface area is 121 Å². The lowest BCUT2D eigenvalue weighted by Crippen LogP contribution is -2.40. The van der Waals surface area contributed by atoms with Crippen LogP contribution in [0.2, 0.25) is 0 Å². The molecule has 6 heteroatoms. The molecule has 0 aliphatic heterocycles. The van der Waals surface area contributed by atoms with Crippen LogP contribution in [0.5, 0.6) is 0 Å². The van der Waals surface area contributed by atoms with Crippen molar-refractivity contribution < 1.29 is 14.7 Å². The Hall–Kier alpha value is -2.50. The second-order valence-corrected chi connectivity index (χ2v) is 5.20. The number of carbonyl (C=O) groups is 2. The van der Waals surface area contributed by atoms with Gasteiger partial charge in [-0.25, -0.2) is 4.98 Å². The third-order valence-electron chi connectivity index (χ3n) is 3.83. The van der Waals surface area contributed by atoms with Crippen molar-refractivity contribution in [3.63, 3.8) is 0 Å². The Balaban J connectivity index is 1.79. The van der Waals surface area contributed by atoms with Crippen LogP contribution >= 0.6 is 0 Å². The first-order valence-electron chi connectivity index (χ1n) is 6.90. The molecule has 2 N–H and O–H groups in total. The van der Waals surface area contributed by atoms with Crippen molar-refractivity contribution in [3.05, 3.63) is 36.2 Å². The maximum Gasteiger partial charge on any atom is 0.308 e. The first kappa shape index (κ1) is 13.5. The monoisotopic (exact) mass is 285 g/mol. The van der Waals surface area contributed by atoms with Gasteiger partial charge in [-0.1, -0.05) is 18.6 Å². The molecular formula is C15H15N3O3. The van der Waals surface area contributed by atoms with E-state index in [0.717, 1.165) is 11.9 Å². The fourth-order valence-electron chi connectivity index (χ4n) is 2.74. The summed E-state index contributed by atoms with van der Waals surface area (Å²) in [6.45, 7) is 0. The molecule has 1 heterocycles. The third kappa shape index (κ3) is 2.69. The highest BCUT2D eigenvalue weighted by atomic mass is 16.4. The number of carboxylic acid groups (broad SMARTS) is 1. The predicted molar refractivity (Wildman–Crippen MR) is 75.8 cm³/mol. The van der Waals surface area contributed by atoms with E-state index in [2.05, 4.69) is 15.3 Å². The molecule has 2 aromatic rings. The number of aromatic nitrogens is 2. The van der Waals surface area contributed by atoms with E-state index in [1.807, 2.05) is 18.2 Å². The highest BCUT2D eigenvalue weighted by Crippen LogP contribution is 2.26. The number of para-hydroxylation sites is 2. The van der Waals surface area contributed by atoms with E-state index in [4.69, 9.17) is 5.11 Å². The molecule has 0 spiro atoms. The van der Waals surface area contributed by atoms with Crippen molar-refractivity contribution >= 4 is 22.9 Å². The van der Waals surface area contributed by atoms with Gasteiger partial charge in [0.15, 0.2) is 0 Å². The van der Waals surface area contributed by atoms with E-state index < -0.39 is 11.9 Å². The zero-order chi connectivity index (χ0) is 14.8. The molecule has 1 fully saturated rings. The third-order valence-corrected chi connectivity index (χ3v) is 3.83. The molecule has 21 heavy (non-hydrogen) atoms. The average molecular weight is 285 g/mol. The van der Waals surface area contributed by atoms with Crippen LogP contribution in [-0.2, 0) is 4.79 Å². The molecule has 3 rings (SSSR count). The lowest BCUT2D eigenvalue weighted by Gasteiger charge is -2.17. The summed E-state index contributed by atoms with van der Waals surface area (Å²) in [5.41, 5.74) is 1.58. The van der Waals surface area contributed by atoms with Crippen LogP contribution < -0.4 is 5.32 Å². The first-order chi connectivity index (χ1) is 10.1. The van der Waals surface area contributed by atoms with Crippen LogP contribution in [0.4, 0.5) is 0 Å². The van der Waals surface area contributed by atoms with Crippen molar-refractivity contribution in [1.29, 1.82) is 0 Å². The Morgan fingerprint density at radius 3 is 2.71 bits per heavy atom. The number of carbonyl (C=O) groups excluding carboxylic acids is 1. The molecule has 0 unspecified atom stereocenters. The summed E-state index contributed by atoms with van der Waals surface area (Å²) in [6.07, 6.45) is 3.51. The molecule has 2 atom stereocenters. The molecule has 0 saturated heterocycles. The topological polar surface area (TPSA) is 92.2 Å². The number of hydrogen-bond donors (Lipinski definition) is 2. The van der Waals surface area contributed by atoms with Gasteiger partial charge in [0.1, 0.15) is 5.69 Å².